The van der Waals surface area contributed by atoms with E-state index in [2.05, 4.69) is 40.1 Å². The molecule has 1 aliphatic heterocycles. The molecule has 2 N–H and O–H groups in total. The molecule has 5 rings (SSSR count). The number of anilines is 1. The Morgan fingerprint density at radius 2 is 1.60 bits per heavy atom. The van der Waals surface area contributed by atoms with E-state index in [-0.39, 0.29) is 23.8 Å². The highest BCUT2D eigenvalue weighted by Gasteiger charge is 2.17. The number of nitrogens with one attached hydrogen (secondary N) is 2. The van der Waals surface area contributed by atoms with Crippen molar-refractivity contribution in [2.24, 2.45) is 0 Å². The van der Waals surface area contributed by atoms with Crippen LogP contribution in [0.25, 0.3) is 0 Å². The molecule has 0 radical (unpaired) electrons. The van der Waals surface area contributed by atoms with Gasteiger partial charge < -0.3 is 20.3 Å². The first kappa shape index (κ1) is 31.7. The Balaban J connectivity index is 1.15. The highest BCUT2D eigenvalue weighted by molar-refractivity contribution is 7.80. The van der Waals surface area contributed by atoms with Crippen LogP contribution in [0, 0.1) is 10.1 Å². The molecule has 1 fully saturated rings. The molecule has 0 spiro atoms. The van der Waals surface area contributed by atoms with E-state index in [1.165, 1.54) is 23.8 Å². The van der Waals surface area contributed by atoms with Crippen LogP contribution in [0.1, 0.15) is 37.4 Å². The summed E-state index contributed by atoms with van der Waals surface area (Å²) in [6, 6.07) is 26.3. The summed E-state index contributed by atoms with van der Waals surface area (Å²) in [7, 11) is 2.14. The average Bonchev–Trinajstić information content (AvgIpc) is 3.05. The Morgan fingerprint density at radius 1 is 0.867 bits per heavy atom. The fraction of sp³-hybridized carbons (Fsp3) is 0.235. The summed E-state index contributed by atoms with van der Waals surface area (Å²) in [5.41, 5.74) is 3.91. The minimum absolute atomic E-state index is 0.0821. The van der Waals surface area contributed by atoms with Gasteiger partial charge in [0, 0.05) is 61.9 Å². The second-order valence-electron chi connectivity index (χ2n) is 11.0. The fourth-order valence-electron chi connectivity index (χ4n) is 5.01. The van der Waals surface area contributed by atoms with Crippen molar-refractivity contribution in [1.29, 1.82) is 0 Å². The zero-order valence-electron chi connectivity index (χ0n) is 24.9. The van der Waals surface area contributed by atoms with Gasteiger partial charge >= 0.3 is 0 Å². The van der Waals surface area contributed by atoms with E-state index < -0.39 is 10.8 Å². The first-order valence-corrected chi connectivity index (χ1v) is 15.1. The van der Waals surface area contributed by atoms with Crippen LogP contribution < -0.4 is 15.4 Å². The van der Waals surface area contributed by atoms with Gasteiger partial charge in [0.05, 0.1) is 16.2 Å². The molecule has 232 valence electrons. The molecule has 2 amide bonds. The van der Waals surface area contributed by atoms with Crippen LogP contribution in [-0.4, -0.2) is 59.8 Å². The molecule has 0 bridgehead atoms. The number of likely N-dealkylation sites (N-methyl/N-ethyl adjacent to an activating group) is 1. The van der Waals surface area contributed by atoms with Crippen molar-refractivity contribution in [1.82, 2.24) is 15.1 Å². The van der Waals surface area contributed by atoms with Crippen LogP contribution in [0.4, 0.5) is 11.4 Å². The van der Waals surface area contributed by atoms with Crippen LogP contribution in [0.2, 0.25) is 0 Å². The first-order chi connectivity index (χ1) is 21.7. The Bertz CT molecular complexity index is 1670. The summed E-state index contributed by atoms with van der Waals surface area (Å²) in [4.78, 5) is 41.5. The molecule has 11 heteroatoms. The molecule has 10 nitrogen and oxygen atoms in total. The first-order valence-electron chi connectivity index (χ1n) is 14.6. The Morgan fingerprint density at radius 3 is 2.36 bits per heavy atom. The lowest BCUT2D eigenvalue weighted by Crippen LogP contribution is -2.43. The highest BCUT2D eigenvalue weighted by Crippen LogP contribution is 2.27. The molecule has 0 atom stereocenters. The van der Waals surface area contributed by atoms with Crippen LogP contribution >= 0.6 is 12.6 Å². The molecule has 1 saturated heterocycles. The number of amides is 2. The van der Waals surface area contributed by atoms with Gasteiger partial charge in [-0.3, -0.25) is 24.6 Å². The maximum atomic E-state index is 12.9. The van der Waals surface area contributed by atoms with Crippen LogP contribution in [-0.2, 0) is 19.7 Å². The monoisotopic (exact) mass is 625 g/mol. The second kappa shape index (κ2) is 14.8. The standard InChI is InChI=1S/C34H35N5O5S/c1-37-15-17-38(18-16-37)22-24-9-11-27(12-10-24)33(40)35-21-25-5-4-6-26(19-25)23-44-31-8-3-2-7-30(31)36-34(41)29-20-28(39(42)43)13-14-32(29)45/h2-14,19-20,45H,15-18,21-23H2,1H3,(H,35,40)(H,36,41). The molecule has 4 aromatic carbocycles. The van der Waals surface area contributed by atoms with Gasteiger partial charge in [-0.05, 0) is 54.1 Å². The van der Waals surface area contributed by atoms with Crippen molar-refractivity contribution in [3.8, 4) is 5.75 Å². The molecule has 0 saturated carbocycles. The van der Waals surface area contributed by atoms with E-state index in [9.17, 15) is 19.7 Å². The number of nitrogens with zero attached hydrogens (tertiary/aromatic N) is 3. The topological polar surface area (TPSA) is 117 Å². The molecular formula is C34H35N5O5S. The van der Waals surface area contributed by atoms with E-state index in [0.29, 0.717) is 28.4 Å². The smallest absolute Gasteiger partial charge is 0.270 e. The number of carbonyl (C=O) groups excluding carboxylic acids is 2. The third-order valence-corrected chi connectivity index (χ3v) is 8.02. The lowest BCUT2D eigenvalue weighted by atomic mass is 10.1. The lowest BCUT2D eigenvalue weighted by molar-refractivity contribution is -0.384. The molecule has 45 heavy (non-hydrogen) atoms. The number of hydrogen-bond donors (Lipinski definition) is 3. The van der Waals surface area contributed by atoms with Crippen LogP contribution in [0.5, 0.6) is 5.75 Å². The van der Waals surface area contributed by atoms with E-state index in [4.69, 9.17) is 4.74 Å². The molecule has 0 aliphatic carbocycles. The number of nitro groups is 1. The van der Waals surface area contributed by atoms with Crippen molar-refractivity contribution in [2.75, 3.05) is 38.5 Å². The van der Waals surface area contributed by atoms with Crippen LogP contribution in [0.3, 0.4) is 0 Å². The SMILES string of the molecule is CN1CCN(Cc2ccc(C(=O)NCc3cccc(COc4ccccc4NC(=O)c4cc([N+](=O)[O-])ccc4S)c3)cc2)CC1. The highest BCUT2D eigenvalue weighted by atomic mass is 32.1. The predicted molar refractivity (Wildman–Crippen MR) is 176 cm³/mol. The Labute approximate surface area is 267 Å². The van der Waals surface area contributed by atoms with Crippen molar-refractivity contribution in [3.63, 3.8) is 0 Å². The number of non-ortho nitro benzene ring substituents is 1. The van der Waals surface area contributed by atoms with Gasteiger partial charge in [-0.1, -0.05) is 48.5 Å². The largest absolute Gasteiger partial charge is 0.487 e. The number of thiol groups is 1. The fourth-order valence-corrected chi connectivity index (χ4v) is 5.25. The third kappa shape index (κ3) is 8.69. The number of piperazine rings is 1. The van der Waals surface area contributed by atoms with Gasteiger partial charge in [-0.25, -0.2) is 0 Å². The molecule has 0 aromatic heterocycles. The van der Waals surface area contributed by atoms with E-state index in [0.717, 1.165) is 43.9 Å². The minimum Gasteiger partial charge on any atom is -0.487 e. The molecule has 1 heterocycles. The van der Waals surface area contributed by atoms with Crippen molar-refractivity contribution >= 4 is 35.8 Å². The zero-order valence-corrected chi connectivity index (χ0v) is 25.8. The van der Waals surface area contributed by atoms with Crippen molar-refractivity contribution in [2.45, 2.75) is 24.6 Å². The molecule has 0 unspecified atom stereocenters. The van der Waals surface area contributed by atoms with Gasteiger partial charge in [-0.2, -0.15) is 0 Å². The second-order valence-corrected chi connectivity index (χ2v) is 11.5. The Hall–Kier alpha value is -4.71. The number of rotatable bonds is 11. The summed E-state index contributed by atoms with van der Waals surface area (Å²) < 4.78 is 6.04. The summed E-state index contributed by atoms with van der Waals surface area (Å²) >= 11 is 4.28. The van der Waals surface area contributed by atoms with E-state index in [1.807, 2.05) is 48.5 Å². The number of nitro benzene ring substituents is 1. The van der Waals surface area contributed by atoms with E-state index >= 15 is 0 Å². The maximum Gasteiger partial charge on any atom is 0.270 e. The number of carbonyl (C=O) groups is 2. The molecular weight excluding hydrogens is 590 g/mol. The minimum atomic E-state index is -0.562. The Kier molecular flexibility index (Phi) is 10.5. The van der Waals surface area contributed by atoms with Gasteiger partial charge in [0.2, 0.25) is 0 Å². The van der Waals surface area contributed by atoms with Gasteiger partial charge in [0.25, 0.3) is 17.5 Å². The summed E-state index contributed by atoms with van der Waals surface area (Å²) in [6.07, 6.45) is 0. The zero-order chi connectivity index (χ0) is 31.8. The number of hydrogen-bond acceptors (Lipinski definition) is 8. The number of para-hydroxylation sites is 2. The summed E-state index contributed by atoms with van der Waals surface area (Å²) in [5.74, 6) is -0.241. The van der Waals surface area contributed by atoms with Crippen molar-refractivity contribution < 1.29 is 19.2 Å². The van der Waals surface area contributed by atoms with E-state index in [1.54, 1.807) is 24.3 Å². The summed E-state index contributed by atoms with van der Waals surface area (Å²) in [6.45, 7) is 5.70. The van der Waals surface area contributed by atoms with Gasteiger partial charge in [-0.15, -0.1) is 12.6 Å². The van der Waals surface area contributed by atoms with Crippen LogP contribution in [0.15, 0.2) is 95.9 Å². The van der Waals surface area contributed by atoms with Gasteiger partial charge in [0.15, 0.2) is 0 Å². The average molecular weight is 626 g/mol. The lowest BCUT2D eigenvalue weighted by Gasteiger charge is -2.32. The van der Waals surface area contributed by atoms with Crippen molar-refractivity contribution in [3.05, 3.63) is 129 Å². The maximum absolute atomic E-state index is 12.9. The normalized spacial score (nSPS) is 13.6. The molecule has 1 aliphatic rings. The number of benzene rings is 4. The third-order valence-electron chi connectivity index (χ3n) is 7.63. The van der Waals surface area contributed by atoms with Gasteiger partial charge in [0.1, 0.15) is 12.4 Å². The number of ether oxygens (including phenoxy) is 1. The summed E-state index contributed by atoms with van der Waals surface area (Å²) in [5, 5.41) is 16.9. The predicted octanol–water partition coefficient (Wildman–Crippen LogP) is 5.39. The quantitative estimate of drug-likeness (QED) is 0.116. The molecule has 4 aromatic rings.